The number of halogens is 1. The van der Waals surface area contributed by atoms with Crippen LogP contribution in [0.3, 0.4) is 0 Å². The maximum atomic E-state index is 12.9. The standard InChI is InChI=1S/C20H22FNO3/c21-16-8-10-18(11-9-16)25-14-20(24)22-12-4-7-17(22)13-19(23)15-5-2-1-3-6-15/h1-3,5-6,8-11,17,19,23H,4,7,12-14H2. The Morgan fingerprint density at radius 2 is 1.92 bits per heavy atom. The minimum atomic E-state index is -0.586. The molecule has 2 atom stereocenters. The molecule has 0 aromatic heterocycles. The zero-order chi connectivity index (χ0) is 17.6. The van der Waals surface area contributed by atoms with Crippen LogP contribution >= 0.6 is 0 Å². The molecule has 1 amide bonds. The van der Waals surface area contributed by atoms with E-state index in [1.54, 1.807) is 4.90 Å². The third-order valence-electron chi connectivity index (χ3n) is 4.55. The summed E-state index contributed by atoms with van der Waals surface area (Å²) in [5.41, 5.74) is 0.865. The summed E-state index contributed by atoms with van der Waals surface area (Å²) in [6.45, 7) is 0.599. The number of carbonyl (C=O) groups is 1. The Hall–Kier alpha value is -2.40. The van der Waals surface area contributed by atoms with E-state index in [4.69, 9.17) is 4.74 Å². The quantitative estimate of drug-likeness (QED) is 0.875. The Morgan fingerprint density at radius 1 is 1.20 bits per heavy atom. The van der Waals surface area contributed by atoms with E-state index in [9.17, 15) is 14.3 Å². The van der Waals surface area contributed by atoms with Gasteiger partial charge in [-0.1, -0.05) is 30.3 Å². The van der Waals surface area contributed by atoms with Crippen molar-refractivity contribution >= 4 is 5.91 Å². The molecule has 132 valence electrons. The van der Waals surface area contributed by atoms with E-state index in [1.165, 1.54) is 24.3 Å². The second kappa shape index (κ2) is 8.12. The predicted molar refractivity (Wildman–Crippen MR) is 92.6 cm³/mol. The summed E-state index contributed by atoms with van der Waals surface area (Å²) >= 11 is 0. The lowest BCUT2D eigenvalue weighted by atomic mass is 10.0. The van der Waals surface area contributed by atoms with E-state index >= 15 is 0 Å². The molecular weight excluding hydrogens is 321 g/mol. The van der Waals surface area contributed by atoms with Crippen LogP contribution in [0, 0.1) is 5.82 Å². The van der Waals surface area contributed by atoms with Crippen LogP contribution in [0.4, 0.5) is 4.39 Å². The van der Waals surface area contributed by atoms with Crippen LogP contribution in [-0.2, 0) is 4.79 Å². The van der Waals surface area contributed by atoms with Crippen molar-refractivity contribution in [3.05, 3.63) is 66.0 Å². The molecule has 0 saturated carbocycles. The first-order valence-corrected chi connectivity index (χ1v) is 8.54. The van der Waals surface area contributed by atoms with Gasteiger partial charge >= 0.3 is 0 Å². The van der Waals surface area contributed by atoms with Crippen molar-refractivity contribution in [2.45, 2.75) is 31.4 Å². The van der Waals surface area contributed by atoms with Crippen LogP contribution in [-0.4, -0.2) is 35.1 Å². The molecule has 1 aliphatic heterocycles. The van der Waals surface area contributed by atoms with Crippen LogP contribution in [0.25, 0.3) is 0 Å². The Bertz CT molecular complexity index is 690. The van der Waals surface area contributed by atoms with Crippen molar-refractivity contribution in [2.75, 3.05) is 13.2 Å². The van der Waals surface area contributed by atoms with E-state index in [1.807, 2.05) is 30.3 Å². The summed E-state index contributed by atoms with van der Waals surface area (Å²) < 4.78 is 18.3. The van der Waals surface area contributed by atoms with Gasteiger partial charge in [-0.2, -0.15) is 0 Å². The zero-order valence-electron chi connectivity index (χ0n) is 14.0. The van der Waals surface area contributed by atoms with Crippen molar-refractivity contribution in [1.29, 1.82) is 0 Å². The second-order valence-electron chi connectivity index (χ2n) is 6.29. The molecule has 0 aliphatic carbocycles. The molecule has 0 spiro atoms. The minimum Gasteiger partial charge on any atom is -0.484 e. The molecule has 4 nitrogen and oxygen atoms in total. The first-order chi connectivity index (χ1) is 12.1. The molecular formula is C20H22FNO3. The molecule has 1 saturated heterocycles. The van der Waals surface area contributed by atoms with Gasteiger partial charge in [0.1, 0.15) is 11.6 Å². The van der Waals surface area contributed by atoms with Crippen molar-refractivity contribution in [3.63, 3.8) is 0 Å². The summed E-state index contributed by atoms with van der Waals surface area (Å²) in [5.74, 6) is 0.0232. The number of ether oxygens (including phenoxy) is 1. The fourth-order valence-corrected chi connectivity index (χ4v) is 3.24. The van der Waals surface area contributed by atoms with E-state index in [2.05, 4.69) is 0 Å². The summed E-state index contributed by atoms with van der Waals surface area (Å²) in [7, 11) is 0. The molecule has 0 radical (unpaired) electrons. The van der Waals surface area contributed by atoms with Crippen LogP contribution in [0.1, 0.15) is 30.9 Å². The lowest BCUT2D eigenvalue weighted by molar-refractivity contribution is -0.134. The Labute approximate surface area is 146 Å². The third kappa shape index (κ3) is 4.57. The number of likely N-dealkylation sites (tertiary alicyclic amines) is 1. The monoisotopic (exact) mass is 343 g/mol. The summed E-state index contributed by atoms with van der Waals surface area (Å²) in [5, 5.41) is 10.4. The Morgan fingerprint density at radius 3 is 2.64 bits per heavy atom. The van der Waals surface area contributed by atoms with Gasteiger partial charge in [0, 0.05) is 12.6 Å². The number of aliphatic hydroxyl groups is 1. The lowest BCUT2D eigenvalue weighted by Crippen LogP contribution is -2.39. The van der Waals surface area contributed by atoms with E-state index in [-0.39, 0.29) is 24.4 Å². The average Bonchev–Trinajstić information content (AvgIpc) is 3.10. The van der Waals surface area contributed by atoms with Crippen molar-refractivity contribution in [3.8, 4) is 5.75 Å². The van der Waals surface area contributed by atoms with Gasteiger partial charge < -0.3 is 14.7 Å². The maximum Gasteiger partial charge on any atom is 0.260 e. The number of hydrogen-bond acceptors (Lipinski definition) is 3. The van der Waals surface area contributed by atoms with Gasteiger partial charge in [-0.3, -0.25) is 4.79 Å². The van der Waals surface area contributed by atoms with E-state index in [0.29, 0.717) is 18.7 Å². The molecule has 1 N–H and O–H groups in total. The first kappa shape index (κ1) is 17.4. The molecule has 1 heterocycles. The molecule has 2 aromatic rings. The molecule has 25 heavy (non-hydrogen) atoms. The summed E-state index contributed by atoms with van der Waals surface area (Å²) in [6.07, 6.45) is 1.74. The maximum absolute atomic E-state index is 12.9. The highest BCUT2D eigenvalue weighted by atomic mass is 19.1. The number of amides is 1. The molecule has 2 aromatic carbocycles. The zero-order valence-corrected chi connectivity index (χ0v) is 14.0. The minimum absolute atomic E-state index is 0.0134. The SMILES string of the molecule is O=C(COc1ccc(F)cc1)N1CCCC1CC(O)c1ccccc1. The first-order valence-electron chi connectivity index (χ1n) is 8.54. The predicted octanol–water partition coefficient (Wildman–Crippen LogP) is 3.32. The van der Waals surface area contributed by atoms with Crippen LogP contribution in [0.2, 0.25) is 0 Å². The number of hydrogen-bond donors (Lipinski definition) is 1. The van der Waals surface area contributed by atoms with E-state index < -0.39 is 6.10 Å². The highest BCUT2D eigenvalue weighted by Crippen LogP contribution is 2.27. The topological polar surface area (TPSA) is 49.8 Å². The number of rotatable bonds is 6. The third-order valence-corrected chi connectivity index (χ3v) is 4.55. The summed E-state index contributed by atoms with van der Waals surface area (Å²) in [6, 6.07) is 15.1. The molecule has 5 heteroatoms. The summed E-state index contributed by atoms with van der Waals surface area (Å²) in [4.78, 5) is 14.2. The van der Waals surface area contributed by atoms with Crippen LogP contribution in [0.5, 0.6) is 5.75 Å². The van der Waals surface area contributed by atoms with Gasteiger partial charge in [-0.05, 0) is 49.1 Å². The highest BCUT2D eigenvalue weighted by molar-refractivity contribution is 5.78. The second-order valence-corrected chi connectivity index (χ2v) is 6.29. The van der Waals surface area contributed by atoms with Gasteiger partial charge in [0.2, 0.25) is 0 Å². The van der Waals surface area contributed by atoms with Crippen LogP contribution < -0.4 is 4.74 Å². The van der Waals surface area contributed by atoms with Crippen molar-refractivity contribution in [2.24, 2.45) is 0 Å². The molecule has 1 aliphatic rings. The number of carbonyl (C=O) groups excluding carboxylic acids is 1. The molecule has 2 unspecified atom stereocenters. The van der Waals surface area contributed by atoms with Gasteiger partial charge in [0.05, 0.1) is 6.10 Å². The number of benzene rings is 2. The Balaban J connectivity index is 1.55. The largest absolute Gasteiger partial charge is 0.484 e. The molecule has 1 fully saturated rings. The van der Waals surface area contributed by atoms with Gasteiger partial charge in [0.25, 0.3) is 5.91 Å². The fraction of sp³-hybridized carbons (Fsp3) is 0.350. The lowest BCUT2D eigenvalue weighted by Gasteiger charge is -2.26. The average molecular weight is 343 g/mol. The Kier molecular flexibility index (Phi) is 5.66. The van der Waals surface area contributed by atoms with Crippen LogP contribution in [0.15, 0.2) is 54.6 Å². The smallest absolute Gasteiger partial charge is 0.260 e. The van der Waals surface area contributed by atoms with Gasteiger partial charge in [0.15, 0.2) is 6.61 Å². The van der Waals surface area contributed by atoms with Crippen molar-refractivity contribution < 1.29 is 19.0 Å². The number of aliphatic hydroxyl groups excluding tert-OH is 1. The number of nitrogens with zero attached hydrogens (tertiary/aromatic N) is 1. The fourth-order valence-electron chi connectivity index (χ4n) is 3.24. The normalized spacial score (nSPS) is 18.2. The molecule has 3 rings (SSSR count). The van der Waals surface area contributed by atoms with E-state index in [0.717, 1.165) is 18.4 Å². The van der Waals surface area contributed by atoms with Gasteiger partial charge in [-0.15, -0.1) is 0 Å². The molecule has 0 bridgehead atoms. The van der Waals surface area contributed by atoms with Crippen molar-refractivity contribution in [1.82, 2.24) is 4.90 Å². The van der Waals surface area contributed by atoms with Gasteiger partial charge in [-0.25, -0.2) is 4.39 Å². The highest BCUT2D eigenvalue weighted by Gasteiger charge is 2.30.